The van der Waals surface area contributed by atoms with Gasteiger partial charge in [0.2, 0.25) is 0 Å². The SMILES string of the molecule is CC(C)(C)OC(=O)c1cccc(N2CCN(c3nc(Cl)ccc3F)C2=O)c1. The average Bonchev–Trinajstić information content (AvgIpc) is 2.97. The van der Waals surface area contributed by atoms with Gasteiger partial charge in [-0.1, -0.05) is 17.7 Å². The van der Waals surface area contributed by atoms with Crippen molar-refractivity contribution in [1.29, 1.82) is 0 Å². The summed E-state index contributed by atoms with van der Waals surface area (Å²) in [4.78, 5) is 31.6. The van der Waals surface area contributed by atoms with Crippen molar-refractivity contribution in [3.8, 4) is 0 Å². The van der Waals surface area contributed by atoms with Crippen LogP contribution in [0.2, 0.25) is 5.15 Å². The lowest BCUT2D eigenvalue weighted by Gasteiger charge is -2.21. The topological polar surface area (TPSA) is 62.7 Å². The summed E-state index contributed by atoms with van der Waals surface area (Å²) in [6.45, 7) is 5.92. The smallest absolute Gasteiger partial charge is 0.338 e. The molecule has 0 atom stereocenters. The van der Waals surface area contributed by atoms with Crippen molar-refractivity contribution < 1.29 is 18.7 Å². The van der Waals surface area contributed by atoms with E-state index in [-0.39, 0.29) is 17.5 Å². The highest BCUT2D eigenvalue weighted by molar-refractivity contribution is 6.29. The first kappa shape index (κ1) is 19.1. The predicted molar refractivity (Wildman–Crippen MR) is 101 cm³/mol. The molecule has 0 radical (unpaired) electrons. The summed E-state index contributed by atoms with van der Waals surface area (Å²) in [7, 11) is 0. The Balaban J connectivity index is 1.84. The van der Waals surface area contributed by atoms with Crippen molar-refractivity contribution in [1.82, 2.24) is 4.98 Å². The van der Waals surface area contributed by atoms with E-state index in [1.54, 1.807) is 45.0 Å². The fourth-order valence-electron chi connectivity index (χ4n) is 2.71. The second-order valence-corrected chi connectivity index (χ2v) is 7.46. The van der Waals surface area contributed by atoms with Crippen molar-refractivity contribution in [3.05, 3.63) is 52.9 Å². The Bertz CT molecular complexity index is 898. The summed E-state index contributed by atoms with van der Waals surface area (Å²) in [6.07, 6.45) is 0. The summed E-state index contributed by atoms with van der Waals surface area (Å²) in [5.41, 5.74) is 0.234. The molecule has 1 aliphatic heterocycles. The molecule has 1 aliphatic rings. The molecule has 0 N–H and O–H groups in total. The van der Waals surface area contributed by atoms with Crippen LogP contribution in [-0.4, -0.2) is 35.7 Å². The van der Waals surface area contributed by atoms with Crippen molar-refractivity contribution in [3.63, 3.8) is 0 Å². The number of amides is 2. The Kier molecular flexibility index (Phi) is 5.06. The minimum Gasteiger partial charge on any atom is -0.456 e. The number of rotatable bonds is 3. The van der Waals surface area contributed by atoms with E-state index in [1.165, 1.54) is 21.9 Å². The van der Waals surface area contributed by atoms with E-state index in [2.05, 4.69) is 4.98 Å². The minimum absolute atomic E-state index is 0.101. The third kappa shape index (κ3) is 4.19. The molecule has 3 rings (SSSR count). The summed E-state index contributed by atoms with van der Waals surface area (Å²) < 4.78 is 19.4. The Morgan fingerprint density at radius 2 is 1.89 bits per heavy atom. The Morgan fingerprint density at radius 1 is 1.19 bits per heavy atom. The molecule has 0 unspecified atom stereocenters. The number of pyridine rings is 1. The number of esters is 1. The number of nitrogens with zero attached hydrogens (tertiary/aromatic N) is 3. The Morgan fingerprint density at radius 3 is 2.59 bits per heavy atom. The molecular weight excluding hydrogens is 373 g/mol. The quantitative estimate of drug-likeness (QED) is 0.578. The Labute approximate surface area is 161 Å². The van der Waals surface area contributed by atoms with Gasteiger partial charge in [-0.15, -0.1) is 0 Å². The van der Waals surface area contributed by atoms with Crippen LogP contribution in [0, 0.1) is 5.82 Å². The number of urea groups is 1. The van der Waals surface area contributed by atoms with Crippen molar-refractivity contribution >= 4 is 35.1 Å². The normalized spacial score (nSPS) is 14.6. The van der Waals surface area contributed by atoms with Crippen molar-refractivity contribution in [2.45, 2.75) is 26.4 Å². The van der Waals surface area contributed by atoms with Crippen LogP contribution in [0.4, 0.5) is 20.7 Å². The predicted octanol–water partition coefficient (Wildman–Crippen LogP) is 4.28. The third-order valence-corrected chi connectivity index (χ3v) is 4.06. The van der Waals surface area contributed by atoms with E-state index < -0.39 is 23.4 Å². The maximum atomic E-state index is 14.1. The molecule has 0 bridgehead atoms. The fraction of sp³-hybridized carbons (Fsp3) is 0.316. The third-order valence-electron chi connectivity index (χ3n) is 3.85. The molecular formula is C19H19ClFN3O3. The average molecular weight is 392 g/mol. The molecule has 0 aliphatic carbocycles. The van der Waals surface area contributed by atoms with Crippen LogP contribution in [0.25, 0.3) is 0 Å². The van der Waals surface area contributed by atoms with Gasteiger partial charge in [-0.3, -0.25) is 9.80 Å². The number of carbonyl (C=O) groups excluding carboxylic acids is 2. The molecule has 27 heavy (non-hydrogen) atoms. The van der Waals surface area contributed by atoms with Gasteiger partial charge >= 0.3 is 12.0 Å². The zero-order chi connectivity index (χ0) is 19.8. The van der Waals surface area contributed by atoms with Crippen molar-refractivity contribution in [2.75, 3.05) is 22.9 Å². The van der Waals surface area contributed by atoms with Gasteiger partial charge in [0.1, 0.15) is 10.8 Å². The zero-order valence-corrected chi connectivity index (χ0v) is 16.0. The molecule has 1 aromatic heterocycles. The summed E-state index contributed by atoms with van der Waals surface area (Å²) in [5, 5.41) is 0.101. The molecule has 6 nitrogen and oxygen atoms in total. The maximum absolute atomic E-state index is 14.1. The lowest BCUT2D eigenvalue weighted by Crippen LogP contribution is -2.33. The number of carbonyl (C=O) groups is 2. The van der Waals surface area contributed by atoms with Crippen LogP contribution in [-0.2, 0) is 4.74 Å². The molecule has 2 amide bonds. The van der Waals surface area contributed by atoms with E-state index in [0.29, 0.717) is 17.8 Å². The van der Waals surface area contributed by atoms with Gasteiger partial charge in [0.25, 0.3) is 0 Å². The van der Waals surface area contributed by atoms with E-state index in [1.807, 2.05) is 0 Å². The highest BCUT2D eigenvalue weighted by Gasteiger charge is 2.33. The van der Waals surface area contributed by atoms with E-state index in [4.69, 9.17) is 16.3 Å². The van der Waals surface area contributed by atoms with Crippen LogP contribution in [0.5, 0.6) is 0 Å². The number of anilines is 2. The lowest BCUT2D eigenvalue weighted by molar-refractivity contribution is 0.00695. The van der Waals surface area contributed by atoms with E-state index in [0.717, 1.165) is 0 Å². The van der Waals surface area contributed by atoms with Gasteiger partial charge in [0.05, 0.1) is 5.56 Å². The molecule has 142 valence electrons. The molecule has 2 aromatic rings. The van der Waals surface area contributed by atoms with E-state index >= 15 is 0 Å². The molecule has 1 fully saturated rings. The zero-order valence-electron chi connectivity index (χ0n) is 15.2. The van der Waals surface area contributed by atoms with Gasteiger partial charge in [-0.25, -0.2) is 19.0 Å². The van der Waals surface area contributed by atoms with Crippen LogP contribution in [0.3, 0.4) is 0 Å². The first-order valence-corrected chi connectivity index (χ1v) is 8.78. The molecule has 0 saturated carbocycles. The number of halogens is 2. The second kappa shape index (κ2) is 7.15. The Hall–Kier alpha value is -2.67. The largest absolute Gasteiger partial charge is 0.456 e. The number of ether oxygens (including phenoxy) is 1. The maximum Gasteiger partial charge on any atom is 0.338 e. The first-order chi connectivity index (χ1) is 12.7. The van der Waals surface area contributed by atoms with Gasteiger partial charge in [0, 0.05) is 18.8 Å². The molecule has 1 saturated heterocycles. The molecule has 8 heteroatoms. The van der Waals surface area contributed by atoms with Crippen LogP contribution in [0.15, 0.2) is 36.4 Å². The standard InChI is InChI=1S/C19H19ClFN3O3/c1-19(2,3)27-17(25)12-5-4-6-13(11-12)23-9-10-24(18(23)26)16-14(21)7-8-15(20)22-16/h4-8,11H,9-10H2,1-3H3. The summed E-state index contributed by atoms with van der Waals surface area (Å²) >= 11 is 5.82. The lowest BCUT2D eigenvalue weighted by atomic mass is 10.1. The van der Waals surface area contributed by atoms with Gasteiger partial charge < -0.3 is 4.74 Å². The molecule has 0 spiro atoms. The summed E-state index contributed by atoms with van der Waals surface area (Å²) in [6, 6.07) is 8.63. The highest BCUT2D eigenvalue weighted by Crippen LogP contribution is 2.27. The minimum atomic E-state index is -0.628. The van der Waals surface area contributed by atoms with E-state index in [9.17, 15) is 14.0 Å². The summed E-state index contributed by atoms with van der Waals surface area (Å²) in [5.74, 6) is -1.22. The number of hydrogen-bond acceptors (Lipinski definition) is 4. The van der Waals surface area contributed by atoms with Gasteiger partial charge in [-0.05, 0) is 51.1 Å². The van der Waals surface area contributed by atoms with Crippen molar-refractivity contribution in [2.24, 2.45) is 0 Å². The van der Waals surface area contributed by atoms with Gasteiger partial charge in [-0.2, -0.15) is 0 Å². The first-order valence-electron chi connectivity index (χ1n) is 8.40. The van der Waals surface area contributed by atoms with Crippen LogP contribution >= 0.6 is 11.6 Å². The highest BCUT2D eigenvalue weighted by atomic mass is 35.5. The van der Waals surface area contributed by atoms with Gasteiger partial charge in [0.15, 0.2) is 11.6 Å². The molecule has 2 heterocycles. The molecule has 1 aromatic carbocycles. The fourth-order valence-corrected chi connectivity index (χ4v) is 2.85. The monoisotopic (exact) mass is 391 g/mol. The van der Waals surface area contributed by atoms with Crippen LogP contribution < -0.4 is 9.80 Å². The number of benzene rings is 1. The number of aromatic nitrogens is 1. The number of hydrogen-bond donors (Lipinski definition) is 0. The van der Waals surface area contributed by atoms with Crippen LogP contribution in [0.1, 0.15) is 31.1 Å². The second-order valence-electron chi connectivity index (χ2n) is 7.08.